The fourth-order valence-corrected chi connectivity index (χ4v) is 2.34. The Balaban J connectivity index is 2.19. The van der Waals surface area contributed by atoms with Crippen LogP contribution in [0.3, 0.4) is 0 Å². The molecule has 5 heteroatoms. The van der Waals surface area contributed by atoms with Crippen molar-refractivity contribution in [1.82, 2.24) is 9.78 Å². The van der Waals surface area contributed by atoms with E-state index >= 15 is 0 Å². The van der Waals surface area contributed by atoms with E-state index in [-0.39, 0.29) is 0 Å². The molecule has 5 nitrogen and oxygen atoms in total. The molecule has 2 aromatic rings. The van der Waals surface area contributed by atoms with Crippen molar-refractivity contribution < 1.29 is 0 Å². The van der Waals surface area contributed by atoms with Crippen LogP contribution in [0, 0.1) is 18.3 Å². The summed E-state index contributed by atoms with van der Waals surface area (Å²) in [4.78, 5) is 2.19. The molecule has 1 aliphatic rings. The van der Waals surface area contributed by atoms with E-state index in [0.29, 0.717) is 5.56 Å². The maximum absolute atomic E-state index is 9.32. The fraction of sp³-hybridized carbons (Fsp3) is 0.286. The summed E-state index contributed by atoms with van der Waals surface area (Å²) in [6.07, 6.45) is 3.72. The van der Waals surface area contributed by atoms with Crippen molar-refractivity contribution in [3.63, 3.8) is 0 Å². The highest BCUT2D eigenvalue weighted by atomic mass is 15.3. The second-order valence-electron chi connectivity index (χ2n) is 4.81. The van der Waals surface area contributed by atoms with E-state index in [0.717, 1.165) is 35.7 Å². The number of benzene rings is 1. The molecule has 0 saturated carbocycles. The first-order valence-corrected chi connectivity index (χ1v) is 6.24. The average molecular weight is 253 g/mol. The molecule has 0 aliphatic carbocycles. The number of aryl methyl sites for hydroxylation is 1. The third-order valence-electron chi connectivity index (χ3n) is 3.37. The van der Waals surface area contributed by atoms with Crippen molar-refractivity contribution in [2.24, 2.45) is 0 Å². The quantitative estimate of drug-likeness (QED) is 0.843. The smallest absolute Gasteiger partial charge is 0.101 e. The highest BCUT2D eigenvalue weighted by Crippen LogP contribution is 2.32. The van der Waals surface area contributed by atoms with Gasteiger partial charge in [-0.2, -0.15) is 10.4 Å². The highest BCUT2D eigenvalue weighted by molar-refractivity contribution is 5.77. The third kappa shape index (κ3) is 1.91. The summed E-state index contributed by atoms with van der Waals surface area (Å²) >= 11 is 0. The Morgan fingerprint density at radius 2 is 2.21 bits per heavy atom. The van der Waals surface area contributed by atoms with Gasteiger partial charge in [0.25, 0.3) is 0 Å². The van der Waals surface area contributed by atoms with Gasteiger partial charge in [0.1, 0.15) is 6.07 Å². The Labute approximate surface area is 112 Å². The Bertz CT molecular complexity index is 665. The van der Waals surface area contributed by atoms with Gasteiger partial charge in [-0.3, -0.25) is 0 Å². The van der Waals surface area contributed by atoms with Crippen molar-refractivity contribution >= 4 is 11.4 Å². The lowest BCUT2D eigenvalue weighted by atomic mass is 10.1. The minimum absolute atomic E-state index is 0.629. The molecule has 0 radical (unpaired) electrons. The normalized spacial score (nSPS) is 13.6. The maximum Gasteiger partial charge on any atom is 0.101 e. The van der Waals surface area contributed by atoms with Gasteiger partial charge in [-0.25, -0.2) is 4.68 Å². The minimum Gasteiger partial charge on any atom is -0.382 e. The van der Waals surface area contributed by atoms with Crippen LogP contribution in [-0.4, -0.2) is 29.9 Å². The first-order valence-electron chi connectivity index (χ1n) is 6.24. The second kappa shape index (κ2) is 4.32. The fourth-order valence-electron chi connectivity index (χ4n) is 2.34. The lowest BCUT2D eigenvalue weighted by Crippen LogP contribution is -2.30. The number of rotatable bonds is 1. The Morgan fingerprint density at radius 3 is 2.89 bits per heavy atom. The van der Waals surface area contributed by atoms with Crippen molar-refractivity contribution in [3.8, 4) is 11.8 Å². The van der Waals surface area contributed by atoms with E-state index < -0.39 is 0 Å². The van der Waals surface area contributed by atoms with Crippen LogP contribution in [0.4, 0.5) is 11.4 Å². The van der Waals surface area contributed by atoms with Gasteiger partial charge in [-0.1, -0.05) is 0 Å². The number of hydrogen-bond donors (Lipinski definition) is 1. The van der Waals surface area contributed by atoms with Gasteiger partial charge in [0.15, 0.2) is 0 Å². The number of nitriles is 1. The number of aromatic nitrogens is 2. The van der Waals surface area contributed by atoms with Crippen LogP contribution < -0.4 is 10.2 Å². The van der Waals surface area contributed by atoms with Gasteiger partial charge >= 0.3 is 0 Å². The Hall–Kier alpha value is -2.48. The van der Waals surface area contributed by atoms with Gasteiger partial charge in [-0.05, 0) is 24.6 Å². The van der Waals surface area contributed by atoms with Gasteiger partial charge in [0.2, 0.25) is 0 Å². The molecular weight excluding hydrogens is 238 g/mol. The number of fused-ring (bicyclic) bond motifs is 1. The van der Waals surface area contributed by atoms with Crippen molar-refractivity contribution in [2.45, 2.75) is 6.92 Å². The van der Waals surface area contributed by atoms with Crippen LogP contribution in [0.15, 0.2) is 24.5 Å². The Morgan fingerprint density at radius 1 is 1.37 bits per heavy atom. The van der Waals surface area contributed by atoms with Crippen LogP contribution in [0.25, 0.3) is 5.69 Å². The zero-order valence-electron chi connectivity index (χ0n) is 11.0. The number of hydrogen-bond acceptors (Lipinski definition) is 4. The van der Waals surface area contributed by atoms with Crippen LogP contribution in [-0.2, 0) is 0 Å². The second-order valence-corrected chi connectivity index (χ2v) is 4.81. The van der Waals surface area contributed by atoms with Crippen LogP contribution in [0.5, 0.6) is 0 Å². The molecule has 1 aromatic carbocycles. The molecule has 0 atom stereocenters. The van der Waals surface area contributed by atoms with Gasteiger partial charge in [0, 0.05) is 26.3 Å². The molecule has 0 saturated heterocycles. The SMILES string of the molecule is Cc1cnn(-c2cc3c(cc2C#N)NCCN3C)c1. The molecule has 0 amide bonds. The maximum atomic E-state index is 9.32. The van der Waals surface area contributed by atoms with Gasteiger partial charge in [-0.15, -0.1) is 0 Å². The third-order valence-corrected chi connectivity index (χ3v) is 3.37. The number of likely N-dealkylation sites (N-methyl/N-ethyl adjacent to an activating group) is 1. The van der Waals surface area contributed by atoms with Crippen LogP contribution in [0.1, 0.15) is 11.1 Å². The number of anilines is 2. The molecule has 19 heavy (non-hydrogen) atoms. The average Bonchev–Trinajstić information content (AvgIpc) is 2.84. The lowest BCUT2D eigenvalue weighted by molar-refractivity contribution is 0.859. The van der Waals surface area contributed by atoms with Crippen LogP contribution in [0.2, 0.25) is 0 Å². The molecule has 1 N–H and O–H groups in total. The molecule has 3 rings (SSSR count). The van der Waals surface area contributed by atoms with Gasteiger partial charge < -0.3 is 10.2 Å². The van der Waals surface area contributed by atoms with E-state index in [1.54, 1.807) is 10.9 Å². The first-order chi connectivity index (χ1) is 9.19. The zero-order chi connectivity index (χ0) is 13.4. The summed E-state index contributed by atoms with van der Waals surface area (Å²) in [5.41, 5.74) is 4.65. The molecule has 0 spiro atoms. The molecule has 1 aliphatic heterocycles. The van der Waals surface area contributed by atoms with Gasteiger partial charge in [0.05, 0.1) is 28.8 Å². The molecule has 0 unspecified atom stereocenters. The predicted octanol–water partition coefficient (Wildman–Crippen LogP) is 1.91. The Kier molecular flexibility index (Phi) is 2.64. The summed E-state index contributed by atoms with van der Waals surface area (Å²) in [5.74, 6) is 0. The summed E-state index contributed by atoms with van der Waals surface area (Å²) in [5, 5.41) is 16.9. The molecule has 1 aromatic heterocycles. The molecule has 2 heterocycles. The molecule has 96 valence electrons. The van der Waals surface area contributed by atoms with Crippen molar-refractivity contribution in [2.75, 3.05) is 30.4 Å². The molecule has 0 bridgehead atoms. The zero-order valence-corrected chi connectivity index (χ0v) is 11.0. The molecular formula is C14H15N5. The topological polar surface area (TPSA) is 56.9 Å². The largest absolute Gasteiger partial charge is 0.382 e. The van der Waals surface area contributed by atoms with E-state index in [1.165, 1.54) is 0 Å². The van der Waals surface area contributed by atoms with E-state index in [9.17, 15) is 5.26 Å². The first kappa shape index (κ1) is 11.6. The number of nitrogens with one attached hydrogen (secondary N) is 1. The highest BCUT2D eigenvalue weighted by Gasteiger charge is 2.17. The summed E-state index contributed by atoms with van der Waals surface area (Å²) in [6, 6.07) is 6.17. The summed E-state index contributed by atoms with van der Waals surface area (Å²) in [6.45, 7) is 3.84. The minimum atomic E-state index is 0.629. The van der Waals surface area contributed by atoms with E-state index in [2.05, 4.69) is 28.4 Å². The van der Waals surface area contributed by atoms with Crippen LogP contribution >= 0.6 is 0 Å². The molecule has 0 fully saturated rings. The van der Waals surface area contributed by atoms with E-state index in [1.807, 2.05) is 25.3 Å². The van der Waals surface area contributed by atoms with E-state index in [4.69, 9.17) is 0 Å². The van der Waals surface area contributed by atoms with Crippen molar-refractivity contribution in [1.29, 1.82) is 5.26 Å². The standard InChI is InChI=1S/C14H15N5/c1-10-8-17-19(9-10)13-6-14-12(5-11(13)7-15)16-3-4-18(14)2/h5-6,8-9,16H,3-4H2,1-2H3. The predicted molar refractivity (Wildman–Crippen MR) is 74.8 cm³/mol. The monoisotopic (exact) mass is 253 g/mol. The number of nitrogens with zero attached hydrogens (tertiary/aromatic N) is 4. The lowest BCUT2D eigenvalue weighted by Gasteiger charge is -2.29. The van der Waals surface area contributed by atoms with Crippen molar-refractivity contribution in [3.05, 3.63) is 35.7 Å². The summed E-state index contributed by atoms with van der Waals surface area (Å²) < 4.78 is 1.76. The summed E-state index contributed by atoms with van der Waals surface area (Å²) in [7, 11) is 2.06.